The highest BCUT2D eigenvalue weighted by Crippen LogP contribution is 1.77. The Morgan fingerprint density at radius 2 is 1.75 bits per heavy atom. The van der Waals surface area contributed by atoms with Crippen LogP contribution in [-0.2, 0) is 0 Å². The molecule has 0 aromatic carbocycles. The summed E-state index contributed by atoms with van der Waals surface area (Å²) in [6.07, 6.45) is 0.931. The van der Waals surface area contributed by atoms with Gasteiger partial charge in [0.2, 0.25) is 0 Å². The van der Waals surface area contributed by atoms with E-state index in [2.05, 4.69) is 0 Å². The Kier molecular flexibility index (Phi) is 21.5. The lowest BCUT2D eigenvalue weighted by Crippen LogP contribution is -2.18. The molecule has 0 rings (SSSR count). The topological polar surface area (TPSA) is 52.0 Å². The molecule has 0 saturated carbocycles. The van der Waals surface area contributed by atoms with E-state index in [4.69, 9.17) is 11.5 Å². The zero-order valence-electron chi connectivity index (χ0n) is 4.96. The van der Waals surface area contributed by atoms with Crippen molar-refractivity contribution in [2.24, 2.45) is 11.5 Å². The summed E-state index contributed by atoms with van der Waals surface area (Å²) < 4.78 is 0. The van der Waals surface area contributed by atoms with E-state index < -0.39 is 0 Å². The minimum Gasteiger partial charge on any atom is -0.330 e. The molecule has 1 atom stereocenters. The number of halogens is 2. The fourth-order valence-corrected chi connectivity index (χ4v) is 0.263. The van der Waals surface area contributed by atoms with Gasteiger partial charge in [0, 0.05) is 6.04 Å². The van der Waals surface area contributed by atoms with Gasteiger partial charge in [-0.05, 0) is 19.9 Å². The molecule has 0 heterocycles. The third kappa shape index (κ3) is 15.8. The molecule has 54 valence electrons. The summed E-state index contributed by atoms with van der Waals surface area (Å²) in [5.41, 5.74) is 10.5. The molecule has 0 aliphatic heterocycles. The van der Waals surface area contributed by atoms with Crippen LogP contribution in [0.3, 0.4) is 0 Å². The SMILES string of the molecule is Br.Br.CC(N)CCN. The molecule has 0 aromatic rings. The molecule has 0 bridgehead atoms. The van der Waals surface area contributed by atoms with Gasteiger partial charge in [0.05, 0.1) is 0 Å². The van der Waals surface area contributed by atoms with Gasteiger partial charge in [0.25, 0.3) is 0 Å². The average Bonchev–Trinajstić information content (AvgIpc) is 1.35. The Balaban J connectivity index is -0.000000125. The molecule has 1 unspecified atom stereocenters. The molecular weight excluding hydrogens is 236 g/mol. The van der Waals surface area contributed by atoms with Crippen molar-refractivity contribution in [2.45, 2.75) is 19.4 Å². The van der Waals surface area contributed by atoms with Crippen LogP contribution in [0, 0.1) is 0 Å². The van der Waals surface area contributed by atoms with Crippen molar-refractivity contribution in [2.75, 3.05) is 6.54 Å². The van der Waals surface area contributed by atoms with E-state index in [9.17, 15) is 0 Å². The number of nitrogens with two attached hydrogens (primary N) is 2. The van der Waals surface area contributed by atoms with Gasteiger partial charge in [0.15, 0.2) is 0 Å². The maximum absolute atomic E-state index is 5.32. The van der Waals surface area contributed by atoms with Gasteiger partial charge in [-0.1, -0.05) is 0 Å². The first-order valence-electron chi connectivity index (χ1n) is 2.23. The van der Waals surface area contributed by atoms with Crippen LogP contribution < -0.4 is 11.5 Å². The highest BCUT2D eigenvalue weighted by molar-refractivity contribution is 8.93. The Hall–Kier alpha value is 0.880. The molecule has 0 saturated heterocycles. The van der Waals surface area contributed by atoms with Crippen molar-refractivity contribution in [3.8, 4) is 0 Å². The predicted molar refractivity (Wildman–Crippen MR) is 48.0 cm³/mol. The Morgan fingerprint density at radius 3 is 1.75 bits per heavy atom. The molecule has 0 aliphatic rings. The molecule has 0 radical (unpaired) electrons. The third-order valence-electron chi connectivity index (χ3n) is 0.622. The summed E-state index contributed by atoms with van der Waals surface area (Å²) in [6, 6.07) is 0.273. The van der Waals surface area contributed by atoms with E-state index in [-0.39, 0.29) is 40.0 Å². The van der Waals surface area contributed by atoms with E-state index >= 15 is 0 Å². The molecule has 4 heteroatoms. The predicted octanol–water partition coefficient (Wildman–Crippen LogP) is 0.838. The van der Waals surface area contributed by atoms with Gasteiger partial charge in [-0.2, -0.15) is 0 Å². The lowest BCUT2D eigenvalue weighted by molar-refractivity contribution is 0.676. The maximum Gasteiger partial charge on any atom is 0.00224 e. The highest BCUT2D eigenvalue weighted by Gasteiger charge is 1.85. The molecule has 0 spiro atoms. The average molecular weight is 250 g/mol. The summed E-state index contributed by atoms with van der Waals surface area (Å²) in [5, 5.41) is 0. The monoisotopic (exact) mass is 248 g/mol. The first-order chi connectivity index (χ1) is 2.77. The van der Waals surface area contributed by atoms with Crippen LogP contribution in [0.25, 0.3) is 0 Å². The number of hydrogen-bond acceptors (Lipinski definition) is 2. The fourth-order valence-electron chi connectivity index (χ4n) is 0.263. The van der Waals surface area contributed by atoms with Gasteiger partial charge >= 0.3 is 0 Å². The Labute approximate surface area is 71.5 Å². The molecule has 2 nitrogen and oxygen atoms in total. The summed E-state index contributed by atoms with van der Waals surface area (Å²) in [6.45, 7) is 2.66. The number of rotatable bonds is 2. The van der Waals surface area contributed by atoms with Gasteiger partial charge in [-0.3, -0.25) is 0 Å². The lowest BCUT2D eigenvalue weighted by atomic mass is 10.3. The second-order valence-electron chi connectivity index (χ2n) is 1.55. The van der Waals surface area contributed by atoms with Crippen molar-refractivity contribution in [1.82, 2.24) is 0 Å². The van der Waals surface area contributed by atoms with Crippen LogP contribution in [0.1, 0.15) is 13.3 Å². The molecule has 4 N–H and O–H groups in total. The third-order valence-corrected chi connectivity index (χ3v) is 0.622. The van der Waals surface area contributed by atoms with Crippen LogP contribution in [-0.4, -0.2) is 12.6 Å². The maximum atomic E-state index is 5.32. The number of hydrogen-bond donors (Lipinski definition) is 2. The molecular formula is C4H14Br2N2. The van der Waals surface area contributed by atoms with E-state index in [1.165, 1.54) is 0 Å². The highest BCUT2D eigenvalue weighted by atomic mass is 79.9. The largest absolute Gasteiger partial charge is 0.330 e. The molecule has 0 amide bonds. The van der Waals surface area contributed by atoms with Gasteiger partial charge in [0.1, 0.15) is 0 Å². The Bertz CT molecular complexity index is 33.2. The van der Waals surface area contributed by atoms with Crippen molar-refractivity contribution in [3.05, 3.63) is 0 Å². The molecule has 0 aromatic heterocycles. The first kappa shape index (κ1) is 15.9. The van der Waals surface area contributed by atoms with Crippen molar-refractivity contribution in [3.63, 3.8) is 0 Å². The standard InChI is InChI=1S/C4H12N2.2BrH/c1-4(6)2-3-5;;/h4H,2-3,5-6H2,1H3;2*1H. The Morgan fingerprint density at radius 1 is 1.38 bits per heavy atom. The second-order valence-corrected chi connectivity index (χ2v) is 1.55. The second kappa shape index (κ2) is 10.8. The molecule has 8 heavy (non-hydrogen) atoms. The normalized spacial score (nSPS) is 10.9. The minimum absolute atomic E-state index is 0. The minimum atomic E-state index is 0. The van der Waals surface area contributed by atoms with Crippen LogP contribution in [0.2, 0.25) is 0 Å². The van der Waals surface area contributed by atoms with E-state index in [0.29, 0.717) is 6.54 Å². The van der Waals surface area contributed by atoms with E-state index in [1.807, 2.05) is 6.92 Å². The zero-order chi connectivity index (χ0) is 4.99. The van der Waals surface area contributed by atoms with E-state index in [0.717, 1.165) is 6.42 Å². The van der Waals surface area contributed by atoms with E-state index in [1.54, 1.807) is 0 Å². The summed E-state index contributed by atoms with van der Waals surface area (Å²) in [7, 11) is 0. The van der Waals surface area contributed by atoms with Crippen LogP contribution in [0.15, 0.2) is 0 Å². The summed E-state index contributed by atoms with van der Waals surface area (Å²) >= 11 is 0. The van der Waals surface area contributed by atoms with Crippen molar-refractivity contribution < 1.29 is 0 Å². The van der Waals surface area contributed by atoms with Crippen LogP contribution in [0.5, 0.6) is 0 Å². The van der Waals surface area contributed by atoms with Crippen molar-refractivity contribution in [1.29, 1.82) is 0 Å². The lowest BCUT2D eigenvalue weighted by Gasteiger charge is -1.96. The first-order valence-corrected chi connectivity index (χ1v) is 2.23. The summed E-state index contributed by atoms with van der Waals surface area (Å²) in [4.78, 5) is 0. The smallest absolute Gasteiger partial charge is 0.00224 e. The fraction of sp³-hybridized carbons (Fsp3) is 1.00. The quantitative estimate of drug-likeness (QED) is 0.762. The van der Waals surface area contributed by atoms with Gasteiger partial charge < -0.3 is 11.5 Å². The van der Waals surface area contributed by atoms with Gasteiger partial charge in [-0.25, -0.2) is 0 Å². The molecule has 0 aliphatic carbocycles. The van der Waals surface area contributed by atoms with Crippen LogP contribution >= 0.6 is 34.0 Å². The summed E-state index contributed by atoms with van der Waals surface area (Å²) in [5.74, 6) is 0. The van der Waals surface area contributed by atoms with Crippen LogP contribution in [0.4, 0.5) is 0 Å². The molecule has 0 fully saturated rings. The zero-order valence-corrected chi connectivity index (χ0v) is 8.39. The van der Waals surface area contributed by atoms with Gasteiger partial charge in [-0.15, -0.1) is 34.0 Å². The van der Waals surface area contributed by atoms with Crippen molar-refractivity contribution >= 4 is 34.0 Å².